The zero-order chi connectivity index (χ0) is 13.9. The Bertz CT molecular complexity index is 611. The number of rotatable bonds is 5. The lowest BCUT2D eigenvalue weighted by atomic mass is 10.1. The highest BCUT2D eigenvalue weighted by Crippen LogP contribution is 2.27. The van der Waals surface area contributed by atoms with Crippen molar-refractivity contribution < 1.29 is 4.74 Å². The fraction of sp³-hybridized carbons (Fsp3) is 0.312. The van der Waals surface area contributed by atoms with E-state index in [1.54, 1.807) is 18.5 Å². The predicted molar refractivity (Wildman–Crippen MR) is 80.4 cm³/mol. The molecule has 20 heavy (non-hydrogen) atoms. The molecule has 0 amide bonds. The van der Waals surface area contributed by atoms with Gasteiger partial charge in [-0.05, 0) is 37.0 Å². The quantitative estimate of drug-likeness (QED) is 0.900. The van der Waals surface area contributed by atoms with Gasteiger partial charge >= 0.3 is 0 Å². The molecule has 0 radical (unpaired) electrons. The molecule has 1 aromatic heterocycles. The van der Waals surface area contributed by atoms with Gasteiger partial charge in [0.1, 0.15) is 11.5 Å². The van der Waals surface area contributed by atoms with E-state index in [9.17, 15) is 0 Å². The van der Waals surface area contributed by atoms with Gasteiger partial charge in [-0.3, -0.25) is 4.98 Å². The number of aromatic nitrogens is 1. The lowest BCUT2D eigenvalue weighted by Gasteiger charge is -2.10. The van der Waals surface area contributed by atoms with Crippen LogP contribution in [0.3, 0.4) is 0 Å². The Morgan fingerprint density at radius 2 is 2.15 bits per heavy atom. The molecule has 0 bridgehead atoms. The smallest absolute Gasteiger partial charge is 0.147 e. The highest BCUT2D eigenvalue weighted by molar-refractivity contribution is 6.30. The first-order chi connectivity index (χ1) is 9.70. The van der Waals surface area contributed by atoms with Gasteiger partial charge in [0.05, 0.1) is 11.2 Å². The Balaban J connectivity index is 1.69. The lowest BCUT2D eigenvalue weighted by molar-refractivity contribution is 0.476. The lowest BCUT2D eigenvalue weighted by Crippen LogP contribution is -2.15. The molecule has 1 aliphatic carbocycles. The van der Waals surface area contributed by atoms with Crippen LogP contribution < -0.4 is 10.1 Å². The Morgan fingerprint density at radius 1 is 1.30 bits per heavy atom. The third kappa shape index (κ3) is 3.50. The van der Waals surface area contributed by atoms with Gasteiger partial charge in [0.15, 0.2) is 0 Å². The van der Waals surface area contributed by atoms with Gasteiger partial charge in [-0.1, -0.05) is 23.7 Å². The molecule has 3 nitrogen and oxygen atoms in total. The van der Waals surface area contributed by atoms with Crippen molar-refractivity contribution in [2.45, 2.75) is 32.4 Å². The van der Waals surface area contributed by atoms with Crippen molar-refractivity contribution in [3.8, 4) is 11.5 Å². The zero-order valence-corrected chi connectivity index (χ0v) is 12.2. The summed E-state index contributed by atoms with van der Waals surface area (Å²) in [5, 5.41) is 4.08. The molecule has 4 heteroatoms. The van der Waals surface area contributed by atoms with Gasteiger partial charge in [-0.25, -0.2) is 0 Å². The van der Waals surface area contributed by atoms with Crippen molar-refractivity contribution in [1.82, 2.24) is 10.3 Å². The average Bonchev–Trinajstić information content (AvgIpc) is 3.23. The molecule has 1 fully saturated rings. The van der Waals surface area contributed by atoms with Crippen LogP contribution in [-0.4, -0.2) is 11.0 Å². The maximum absolute atomic E-state index is 5.90. The highest BCUT2D eigenvalue weighted by atomic mass is 35.5. The third-order valence-corrected chi connectivity index (χ3v) is 3.53. The molecule has 0 spiro atoms. The topological polar surface area (TPSA) is 34.1 Å². The highest BCUT2D eigenvalue weighted by Gasteiger charge is 2.19. The Hall–Kier alpha value is -1.58. The van der Waals surface area contributed by atoms with E-state index in [1.165, 1.54) is 18.4 Å². The number of hydrogen-bond donors (Lipinski definition) is 1. The van der Waals surface area contributed by atoms with Crippen LogP contribution >= 0.6 is 11.6 Å². The third-order valence-electron chi connectivity index (χ3n) is 3.32. The van der Waals surface area contributed by atoms with Gasteiger partial charge in [0, 0.05) is 24.8 Å². The molecule has 0 atom stereocenters. The molecule has 0 unspecified atom stereocenters. The van der Waals surface area contributed by atoms with E-state index in [4.69, 9.17) is 16.3 Å². The second-order valence-corrected chi connectivity index (χ2v) is 5.63. The summed E-state index contributed by atoms with van der Waals surface area (Å²) >= 11 is 5.90. The summed E-state index contributed by atoms with van der Waals surface area (Å²) in [6.07, 6.45) is 5.87. The zero-order valence-electron chi connectivity index (χ0n) is 11.4. The molecular formula is C16H17ClN2O. The van der Waals surface area contributed by atoms with Crippen LogP contribution in [0.4, 0.5) is 0 Å². The van der Waals surface area contributed by atoms with Gasteiger partial charge in [-0.2, -0.15) is 0 Å². The number of benzene rings is 1. The number of ether oxygens (including phenoxy) is 1. The minimum atomic E-state index is 0.574. The minimum Gasteiger partial charge on any atom is -0.455 e. The van der Waals surface area contributed by atoms with Crippen LogP contribution in [0.2, 0.25) is 5.02 Å². The van der Waals surface area contributed by atoms with E-state index in [1.807, 2.05) is 13.0 Å². The summed E-state index contributed by atoms with van der Waals surface area (Å²) in [5.41, 5.74) is 2.39. The van der Waals surface area contributed by atoms with Crippen molar-refractivity contribution in [3.63, 3.8) is 0 Å². The Morgan fingerprint density at radius 3 is 2.85 bits per heavy atom. The molecule has 1 heterocycles. The Labute approximate surface area is 123 Å². The first-order valence-electron chi connectivity index (χ1n) is 6.82. The molecule has 1 aromatic carbocycles. The fourth-order valence-electron chi connectivity index (χ4n) is 2.06. The van der Waals surface area contributed by atoms with Gasteiger partial charge in [-0.15, -0.1) is 0 Å². The first-order valence-corrected chi connectivity index (χ1v) is 7.20. The van der Waals surface area contributed by atoms with Crippen LogP contribution in [0.5, 0.6) is 11.5 Å². The molecule has 0 saturated heterocycles. The SMILES string of the molecule is Cc1cc(CNC2CC2)ccc1Oc1cncc(Cl)c1. The molecule has 1 N–H and O–H groups in total. The molecule has 1 saturated carbocycles. The molecule has 3 rings (SSSR count). The maximum atomic E-state index is 5.90. The van der Waals surface area contributed by atoms with Crippen LogP contribution in [-0.2, 0) is 6.54 Å². The molecule has 104 valence electrons. The van der Waals surface area contributed by atoms with Crippen molar-refractivity contribution >= 4 is 11.6 Å². The monoisotopic (exact) mass is 288 g/mol. The van der Waals surface area contributed by atoms with Gasteiger partial charge in [0.25, 0.3) is 0 Å². The average molecular weight is 289 g/mol. The minimum absolute atomic E-state index is 0.574. The first kappa shape index (κ1) is 13.4. The van der Waals surface area contributed by atoms with Gasteiger partial charge < -0.3 is 10.1 Å². The normalized spacial score (nSPS) is 14.3. The number of hydrogen-bond acceptors (Lipinski definition) is 3. The van der Waals surface area contributed by atoms with E-state index >= 15 is 0 Å². The van der Waals surface area contributed by atoms with Crippen LogP contribution in [0.15, 0.2) is 36.7 Å². The fourth-order valence-corrected chi connectivity index (χ4v) is 2.22. The van der Waals surface area contributed by atoms with Crippen LogP contribution in [0, 0.1) is 6.92 Å². The van der Waals surface area contributed by atoms with E-state index < -0.39 is 0 Å². The number of nitrogens with one attached hydrogen (secondary N) is 1. The Kier molecular flexibility index (Phi) is 3.90. The van der Waals surface area contributed by atoms with Crippen molar-refractivity contribution in [3.05, 3.63) is 52.8 Å². The predicted octanol–water partition coefficient (Wildman–Crippen LogP) is 4.09. The summed E-state index contributed by atoms with van der Waals surface area (Å²) in [6.45, 7) is 2.97. The standard InChI is InChI=1S/C16H17ClN2O/c1-11-6-12(8-19-14-3-4-14)2-5-16(11)20-15-7-13(17)9-18-10-15/h2,5-7,9-10,14,19H,3-4,8H2,1H3. The maximum Gasteiger partial charge on any atom is 0.147 e. The van der Waals surface area contributed by atoms with Crippen LogP contribution in [0.1, 0.15) is 24.0 Å². The van der Waals surface area contributed by atoms with Gasteiger partial charge in [0.2, 0.25) is 0 Å². The molecule has 2 aromatic rings. The number of halogens is 1. The summed E-state index contributed by atoms with van der Waals surface area (Å²) in [6, 6.07) is 8.73. The van der Waals surface area contributed by atoms with Crippen molar-refractivity contribution in [2.24, 2.45) is 0 Å². The number of pyridine rings is 1. The largest absolute Gasteiger partial charge is 0.455 e. The van der Waals surface area contributed by atoms with Crippen molar-refractivity contribution in [1.29, 1.82) is 0 Å². The van der Waals surface area contributed by atoms with E-state index in [0.717, 1.165) is 23.9 Å². The summed E-state index contributed by atoms with van der Waals surface area (Å²) < 4.78 is 5.82. The summed E-state index contributed by atoms with van der Waals surface area (Å²) in [7, 11) is 0. The number of aryl methyl sites for hydroxylation is 1. The van der Waals surface area contributed by atoms with E-state index in [2.05, 4.69) is 22.4 Å². The number of nitrogens with zero attached hydrogens (tertiary/aromatic N) is 1. The van der Waals surface area contributed by atoms with E-state index in [-0.39, 0.29) is 0 Å². The molecule has 1 aliphatic rings. The summed E-state index contributed by atoms with van der Waals surface area (Å²) in [5.74, 6) is 1.49. The second kappa shape index (κ2) is 5.81. The van der Waals surface area contributed by atoms with Crippen LogP contribution in [0.25, 0.3) is 0 Å². The van der Waals surface area contributed by atoms with E-state index in [0.29, 0.717) is 10.8 Å². The second-order valence-electron chi connectivity index (χ2n) is 5.20. The molecular weight excluding hydrogens is 272 g/mol. The van der Waals surface area contributed by atoms with Crippen molar-refractivity contribution in [2.75, 3.05) is 0 Å². The molecule has 0 aliphatic heterocycles. The summed E-state index contributed by atoms with van der Waals surface area (Å²) in [4.78, 5) is 4.02.